The van der Waals surface area contributed by atoms with Gasteiger partial charge in [-0.15, -0.1) is 11.3 Å². The summed E-state index contributed by atoms with van der Waals surface area (Å²) >= 11 is 1.59. The smallest absolute Gasteiger partial charge is 0.319 e. The van der Waals surface area contributed by atoms with Crippen molar-refractivity contribution in [3.05, 3.63) is 48.5 Å². The Bertz CT molecular complexity index is 798. The van der Waals surface area contributed by atoms with Crippen molar-refractivity contribution in [2.24, 2.45) is 0 Å². The van der Waals surface area contributed by atoms with Gasteiger partial charge in [0.25, 0.3) is 0 Å². The van der Waals surface area contributed by atoms with Gasteiger partial charge in [-0.05, 0) is 31.2 Å². The summed E-state index contributed by atoms with van der Waals surface area (Å²) in [6, 6.07) is 14.8. The molecule has 0 bridgehead atoms. The third-order valence-electron chi connectivity index (χ3n) is 3.35. The van der Waals surface area contributed by atoms with E-state index in [-0.39, 0.29) is 18.7 Å². The topological polar surface area (TPSA) is 74.2 Å². The first-order chi connectivity index (χ1) is 11.2. The lowest BCUT2D eigenvalue weighted by atomic mass is 10.2. The molecule has 0 saturated heterocycles. The number of aromatic nitrogens is 1. The van der Waals surface area contributed by atoms with Crippen molar-refractivity contribution in [3.63, 3.8) is 0 Å². The van der Waals surface area contributed by atoms with Crippen molar-refractivity contribution in [1.82, 2.24) is 10.3 Å². The Hall–Kier alpha value is -2.44. The molecule has 0 aliphatic rings. The molecule has 2 amide bonds. The number of hydrogen-bond acceptors (Lipinski definition) is 4. The Morgan fingerprint density at radius 3 is 2.74 bits per heavy atom. The number of anilines is 1. The largest absolute Gasteiger partial charge is 0.394 e. The SMILES string of the molecule is C[C@H](CO)NC(=O)Nc1ccccc1-c1nc2ccccc2s1. The minimum absolute atomic E-state index is 0.104. The van der Waals surface area contributed by atoms with Crippen molar-refractivity contribution in [1.29, 1.82) is 0 Å². The van der Waals surface area contributed by atoms with E-state index in [1.807, 2.05) is 48.5 Å². The number of carbonyl (C=O) groups excluding carboxylic acids is 1. The molecule has 0 fully saturated rings. The Kier molecular flexibility index (Phi) is 4.55. The van der Waals surface area contributed by atoms with Gasteiger partial charge in [-0.1, -0.05) is 24.3 Å². The minimum Gasteiger partial charge on any atom is -0.394 e. The Labute approximate surface area is 138 Å². The van der Waals surface area contributed by atoms with Gasteiger partial charge in [0.05, 0.1) is 28.6 Å². The Morgan fingerprint density at radius 2 is 1.96 bits per heavy atom. The van der Waals surface area contributed by atoms with Crippen LogP contribution in [0.2, 0.25) is 0 Å². The summed E-state index contributed by atoms with van der Waals surface area (Å²) < 4.78 is 1.11. The number of benzene rings is 2. The van der Waals surface area contributed by atoms with E-state index in [0.29, 0.717) is 5.69 Å². The predicted molar refractivity (Wildman–Crippen MR) is 93.8 cm³/mol. The quantitative estimate of drug-likeness (QED) is 0.687. The molecule has 23 heavy (non-hydrogen) atoms. The first-order valence-electron chi connectivity index (χ1n) is 7.30. The van der Waals surface area contributed by atoms with Crippen molar-refractivity contribution >= 4 is 33.3 Å². The molecule has 0 saturated carbocycles. The summed E-state index contributed by atoms with van der Waals surface area (Å²) in [7, 11) is 0. The number of rotatable bonds is 4. The monoisotopic (exact) mass is 327 g/mol. The standard InChI is InChI=1S/C17H17N3O2S/c1-11(10-21)18-17(22)20-13-7-3-2-6-12(13)16-19-14-8-4-5-9-15(14)23-16/h2-9,11,21H,10H2,1H3,(H2,18,20,22)/t11-/m1/s1. The van der Waals surface area contributed by atoms with Crippen LogP contribution < -0.4 is 10.6 Å². The summed E-state index contributed by atoms with van der Waals surface area (Å²) in [6.07, 6.45) is 0. The van der Waals surface area contributed by atoms with Gasteiger partial charge in [0, 0.05) is 5.56 Å². The van der Waals surface area contributed by atoms with Crippen LogP contribution in [-0.4, -0.2) is 28.8 Å². The predicted octanol–water partition coefficient (Wildman–Crippen LogP) is 3.47. The summed E-state index contributed by atoms with van der Waals surface area (Å²) in [6.45, 7) is 1.63. The van der Waals surface area contributed by atoms with Crippen molar-refractivity contribution in [2.75, 3.05) is 11.9 Å². The zero-order valence-corrected chi connectivity index (χ0v) is 13.4. The Balaban J connectivity index is 1.90. The highest BCUT2D eigenvalue weighted by Gasteiger charge is 2.13. The lowest BCUT2D eigenvalue weighted by Crippen LogP contribution is -2.38. The number of aliphatic hydroxyl groups excluding tert-OH is 1. The van der Waals surface area contributed by atoms with Gasteiger partial charge in [-0.3, -0.25) is 0 Å². The van der Waals surface area contributed by atoms with Crippen LogP contribution in [0.1, 0.15) is 6.92 Å². The van der Waals surface area contributed by atoms with E-state index in [2.05, 4.69) is 15.6 Å². The fourth-order valence-electron chi connectivity index (χ4n) is 2.19. The van der Waals surface area contributed by atoms with Gasteiger partial charge in [-0.25, -0.2) is 9.78 Å². The van der Waals surface area contributed by atoms with E-state index in [9.17, 15) is 4.79 Å². The molecule has 6 heteroatoms. The van der Waals surface area contributed by atoms with Gasteiger partial charge in [-0.2, -0.15) is 0 Å². The average Bonchev–Trinajstić information content (AvgIpc) is 2.99. The molecule has 3 aromatic rings. The van der Waals surface area contributed by atoms with Gasteiger partial charge >= 0.3 is 6.03 Å². The molecule has 1 atom stereocenters. The second-order valence-electron chi connectivity index (χ2n) is 5.21. The van der Waals surface area contributed by atoms with Crippen LogP contribution in [0.15, 0.2) is 48.5 Å². The summed E-state index contributed by atoms with van der Waals surface area (Å²) in [5.41, 5.74) is 2.51. The molecule has 3 N–H and O–H groups in total. The normalized spacial score (nSPS) is 12.1. The fraction of sp³-hybridized carbons (Fsp3) is 0.176. The van der Waals surface area contributed by atoms with Crippen LogP contribution in [0.3, 0.4) is 0 Å². The number of amides is 2. The summed E-state index contributed by atoms with van der Waals surface area (Å²) in [5, 5.41) is 15.4. The van der Waals surface area contributed by atoms with Crippen LogP contribution in [-0.2, 0) is 0 Å². The number of carbonyl (C=O) groups is 1. The summed E-state index contributed by atoms with van der Waals surface area (Å²) in [5.74, 6) is 0. The highest BCUT2D eigenvalue weighted by atomic mass is 32.1. The average molecular weight is 327 g/mol. The van der Waals surface area contributed by atoms with Crippen LogP contribution in [0.4, 0.5) is 10.5 Å². The zero-order chi connectivity index (χ0) is 16.2. The maximum Gasteiger partial charge on any atom is 0.319 e. The van der Waals surface area contributed by atoms with Crippen molar-refractivity contribution in [3.8, 4) is 10.6 Å². The van der Waals surface area contributed by atoms with Gasteiger partial charge in [0.2, 0.25) is 0 Å². The lowest BCUT2D eigenvalue weighted by molar-refractivity contribution is 0.229. The number of thiazole rings is 1. The van der Waals surface area contributed by atoms with Crippen LogP contribution in [0.5, 0.6) is 0 Å². The number of hydrogen-bond donors (Lipinski definition) is 3. The maximum absolute atomic E-state index is 12.0. The number of nitrogens with zero attached hydrogens (tertiary/aromatic N) is 1. The second kappa shape index (κ2) is 6.76. The highest BCUT2D eigenvalue weighted by molar-refractivity contribution is 7.21. The molecule has 5 nitrogen and oxygen atoms in total. The molecular weight excluding hydrogens is 310 g/mol. The third kappa shape index (κ3) is 3.49. The number of urea groups is 1. The molecule has 1 heterocycles. The number of aliphatic hydroxyl groups is 1. The highest BCUT2D eigenvalue weighted by Crippen LogP contribution is 2.34. The third-order valence-corrected chi connectivity index (χ3v) is 4.42. The molecule has 0 radical (unpaired) electrons. The van der Waals surface area contributed by atoms with E-state index in [4.69, 9.17) is 5.11 Å². The molecule has 0 aliphatic heterocycles. The maximum atomic E-state index is 12.0. The van der Waals surface area contributed by atoms with Crippen LogP contribution in [0, 0.1) is 0 Å². The van der Waals surface area contributed by atoms with E-state index in [1.54, 1.807) is 18.3 Å². The van der Waals surface area contributed by atoms with E-state index < -0.39 is 0 Å². The molecule has 0 spiro atoms. The lowest BCUT2D eigenvalue weighted by Gasteiger charge is -2.13. The molecule has 0 aliphatic carbocycles. The zero-order valence-electron chi connectivity index (χ0n) is 12.6. The van der Waals surface area contributed by atoms with Crippen LogP contribution >= 0.6 is 11.3 Å². The second-order valence-corrected chi connectivity index (χ2v) is 6.25. The van der Waals surface area contributed by atoms with E-state index >= 15 is 0 Å². The van der Waals surface area contributed by atoms with Crippen LogP contribution in [0.25, 0.3) is 20.8 Å². The molecule has 118 valence electrons. The number of fused-ring (bicyclic) bond motifs is 1. The molecule has 2 aromatic carbocycles. The summed E-state index contributed by atoms with van der Waals surface area (Å²) in [4.78, 5) is 16.6. The first-order valence-corrected chi connectivity index (χ1v) is 8.12. The Morgan fingerprint density at radius 1 is 1.22 bits per heavy atom. The molecule has 0 unspecified atom stereocenters. The van der Waals surface area contributed by atoms with Gasteiger partial charge < -0.3 is 15.7 Å². The molecular formula is C17H17N3O2S. The fourth-order valence-corrected chi connectivity index (χ4v) is 3.20. The van der Waals surface area contributed by atoms with Gasteiger partial charge in [0.1, 0.15) is 5.01 Å². The van der Waals surface area contributed by atoms with Crippen molar-refractivity contribution < 1.29 is 9.90 Å². The van der Waals surface area contributed by atoms with E-state index in [0.717, 1.165) is 20.8 Å². The van der Waals surface area contributed by atoms with Crippen molar-refractivity contribution in [2.45, 2.75) is 13.0 Å². The minimum atomic E-state index is -0.347. The number of nitrogens with one attached hydrogen (secondary N) is 2. The van der Waals surface area contributed by atoms with E-state index in [1.165, 1.54) is 0 Å². The number of para-hydroxylation sites is 2. The van der Waals surface area contributed by atoms with Gasteiger partial charge in [0.15, 0.2) is 0 Å². The first kappa shape index (κ1) is 15.5. The molecule has 3 rings (SSSR count). The molecule has 1 aromatic heterocycles.